The maximum absolute atomic E-state index is 11.0. The molecule has 4 nitrogen and oxygen atoms in total. The van der Waals surface area contributed by atoms with E-state index in [9.17, 15) is 5.11 Å². The summed E-state index contributed by atoms with van der Waals surface area (Å²) in [6, 6.07) is 10.6. The molecule has 1 aromatic heterocycles. The lowest BCUT2D eigenvalue weighted by Gasteiger charge is -2.36. The second kappa shape index (κ2) is 5.53. The molecule has 0 spiro atoms. The van der Waals surface area contributed by atoms with Crippen LogP contribution in [0.15, 0.2) is 36.5 Å². The maximum Gasteiger partial charge on any atom is 0.162 e. The lowest BCUT2D eigenvalue weighted by atomic mass is 9.74. The van der Waals surface area contributed by atoms with E-state index in [1.807, 2.05) is 13.1 Å². The van der Waals surface area contributed by atoms with Gasteiger partial charge in [-0.05, 0) is 37.2 Å². The quantitative estimate of drug-likeness (QED) is 0.943. The van der Waals surface area contributed by atoms with Crippen LogP contribution in [0, 0.1) is 0 Å². The molecule has 4 heteroatoms. The van der Waals surface area contributed by atoms with Crippen molar-refractivity contribution in [1.82, 2.24) is 9.78 Å². The summed E-state index contributed by atoms with van der Waals surface area (Å²) >= 11 is 0. The first-order valence-corrected chi connectivity index (χ1v) is 7.48. The molecule has 0 atom stereocenters. The van der Waals surface area contributed by atoms with Crippen molar-refractivity contribution in [1.29, 1.82) is 0 Å². The average molecular weight is 286 g/mol. The molecular weight excluding hydrogens is 264 g/mol. The number of nitrogens with zero attached hydrogens (tertiary/aromatic N) is 2. The number of aromatic nitrogens is 2. The van der Waals surface area contributed by atoms with E-state index in [0.717, 1.165) is 31.4 Å². The molecule has 2 aromatic rings. The molecule has 0 radical (unpaired) electrons. The molecule has 0 aliphatic heterocycles. The number of methoxy groups -OCH3 is 1. The minimum absolute atomic E-state index is 0.533. The molecule has 0 bridgehead atoms. The number of rotatable bonds is 3. The summed E-state index contributed by atoms with van der Waals surface area (Å²) in [5.74, 6) is 1.21. The maximum atomic E-state index is 11.0. The highest BCUT2D eigenvalue weighted by molar-refractivity contribution is 5.32. The van der Waals surface area contributed by atoms with E-state index in [0.29, 0.717) is 11.7 Å². The smallest absolute Gasteiger partial charge is 0.162 e. The van der Waals surface area contributed by atoms with Gasteiger partial charge >= 0.3 is 0 Å². The Bertz CT molecular complexity index is 599. The van der Waals surface area contributed by atoms with Crippen molar-refractivity contribution in [3.63, 3.8) is 0 Å². The topological polar surface area (TPSA) is 47.3 Å². The molecule has 21 heavy (non-hydrogen) atoms. The Labute approximate surface area is 125 Å². The Morgan fingerprint density at radius 3 is 2.52 bits per heavy atom. The molecule has 3 rings (SSSR count). The summed E-state index contributed by atoms with van der Waals surface area (Å²) in [5.41, 5.74) is 1.34. The molecule has 0 saturated heterocycles. The van der Waals surface area contributed by atoms with Gasteiger partial charge < -0.3 is 9.84 Å². The van der Waals surface area contributed by atoms with E-state index in [1.165, 1.54) is 5.56 Å². The van der Waals surface area contributed by atoms with Gasteiger partial charge in [-0.3, -0.25) is 4.68 Å². The fourth-order valence-electron chi connectivity index (χ4n) is 3.49. The lowest BCUT2D eigenvalue weighted by Crippen LogP contribution is -2.33. The van der Waals surface area contributed by atoms with Gasteiger partial charge in [-0.25, -0.2) is 0 Å². The highest BCUT2D eigenvalue weighted by atomic mass is 16.5. The van der Waals surface area contributed by atoms with Crippen LogP contribution in [0.5, 0.6) is 5.75 Å². The molecule has 1 aromatic carbocycles. The third-order valence-corrected chi connectivity index (χ3v) is 4.65. The second-order valence-electron chi connectivity index (χ2n) is 5.90. The van der Waals surface area contributed by atoms with E-state index >= 15 is 0 Å². The van der Waals surface area contributed by atoms with Gasteiger partial charge in [0.25, 0.3) is 0 Å². The Morgan fingerprint density at radius 1 is 1.24 bits per heavy atom. The average Bonchev–Trinajstić information content (AvgIpc) is 2.90. The predicted octanol–water partition coefficient (Wildman–Crippen LogP) is 2.97. The van der Waals surface area contributed by atoms with Crippen molar-refractivity contribution < 1.29 is 9.84 Å². The minimum Gasteiger partial charge on any atom is -0.493 e. The van der Waals surface area contributed by atoms with Crippen molar-refractivity contribution in [2.75, 3.05) is 7.11 Å². The highest BCUT2D eigenvalue weighted by Crippen LogP contribution is 2.45. The Kier molecular flexibility index (Phi) is 3.72. The highest BCUT2D eigenvalue weighted by Gasteiger charge is 2.39. The SMILES string of the molecule is COc1cnn(C)c1C1(O)CCC(c2ccccc2)CC1. The molecule has 1 heterocycles. The van der Waals surface area contributed by atoms with Gasteiger partial charge in [0.1, 0.15) is 11.3 Å². The summed E-state index contributed by atoms with van der Waals surface area (Å²) < 4.78 is 7.09. The third kappa shape index (κ3) is 2.56. The number of aryl methyl sites for hydroxylation is 1. The van der Waals surface area contributed by atoms with Crippen LogP contribution >= 0.6 is 0 Å². The molecule has 1 saturated carbocycles. The first-order valence-electron chi connectivity index (χ1n) is 7.48. The number of hydrogen-bond acceptors (Lipinski definition) is 3. The first-order chi connectivity index (χ1) is 10.1. The number of benzene rings is 1. The van der Waals surface area contributed by atoms with Gasteiger partial charge in [-0.2, -0.15) is 5.10 Å². The van der Waals surface area contributed by atoms with Crippen molar-refractivity contribution >= 4 is 0 Å². The third-order valence-electron chi connectivity index (χ3n) is 4.65. The van der Waals surface area contributed by atoms with Crippen molar-refractivity contribution in [3.8, 4) is 5.75 Å². The second-order valence-corrected chi connectivity index (χ2v) is 5.90. The Hall–Kier alpha value is -1.81. The van der Waals surface area contributed by atoms with E-state index in [1.54, 1.807) is 18.0 Å². The monoisotopic (exact) mass is 286 g/mol. The fourth-order valence-corrected chi connectivity index (χ4v) is 3.49. The van der Waals surface area contributed by atoms with Gasteiger partial charge in [-0.1, -0.05) is 30.3 Å². The molecule has 1 aliphatic carbocycles. The van der Waals surface area contributed by atoms with Crippen molar-refractivity contribution in [2.45, 2.75) is 37.2 Å². The summed E-state index contributed by atoms with van der Waals surface area (Å²) in [6.45, 7) is 0. The summed E-state index contributed by atoms with van der Waals surface area (Å²) in [6.07, 6.45) is 5.12. The summed E-state index contributed by atoms with van der Waals surface area (Å²) in [4.78, 5) is 0. The van der Waals surface area contributed by atoms with E-state index < -0.39 is 5.60 Å². The lowest BCUT2D eigenvalue weighted by molar-refractivity contribution is -0.0146. The van der Waals surface area contributed by atoms with Crippen LogP contribution in [0.2, 0.25) is 0 Å². The van der Waals surface area contributed by atoms with E-state index in [-0.39, 0.29) is 0 Å². The van der Waals surface area contributed by atoms with Crippen molar-refractivity contribution in [3.05, 3.63) is 47.8 Å². The van der Waals surface area contributed by atoms with Gasteiger partial charge in [-0.15, -0.1) is 0 Å². The zero-order valence-electron chi connectivity index (χ0n) is 12.6. The largest absolute Gasteiger partial charge is 0.493 e. The van der Waals surface area contributed by atoms with Gasteiger partial charge in [0.15, 0.2) is 5.75 Å². The molecule has 1 N–H and O–H groups in total. The van der Waals surface area contributed by atoms with Crippen LogP contribution in [0.25, 0.3) is 0 Å². The minimum atomic E-state index is -0.831. The Morgan fingerprint density at radius 2 is 1.90 bits per heavy atom. The van der Waals surface area contributed by atoms with Crippen LogP contribution in [0.4, 0.5) is 0 Å². The van der Waals surface area contributed by atoms with Crippen LogP contribution in [-0.2, 0) is 12.6 Å². The number of ether oxygens (including phenoxy) is 1. The molecular formula is C17H22N2O2. The fraction of sp³-hybridized carbons (Fsp3) is 0.471. The van der Waals surface area contributed by atoms with E-state index in [2.05, 4.69) is 29.4 Å². The standard InChI is InChI=1S/C17H22N2O2/c1-19-16(15(21-2)12-18-19)17(20)10-8-14(9-11-17)13-6-4-3-5-7-13/h3-7,12,14,20H,8-11H2,1-2H3. The van der Waals surface area contributed by atoms with Crippen LogP contribution in [0.1, 0.15) is 42.9 Å². The Balaban J connectivity index is 1.79. The molecule has 1 aliphatic rings. The summed E-state index contributed by atoms with van der Waals surface area (Å²) in [7, 11) is 3.48. The number of hydrogen-bond donors (Lipinski definition) is 1. The van der Waals surface area contributed by atoms with Crippen LogP contribution in [-0.4, -0.2) is 22.0 Å². The van der Waals surface area contributed by atoms with E-state index in [4.69, 9.17) is 4.74 Å². The predicted molar refractivity (Wildman–Crippen MR) is 81.3 cm³/mol. The van der Waals surface area contributed by atoms with Crippen LogP contribution in [0.3, 0.4) is 0 Å². The summed E-state index contributed by atoms with van der Waals surface area (Å²) in [5, 5.41) is 15.3. The van der Waals surface area contributed by atoms with Gasteiger partial charge in [0.05, 0.1) is 13.3 Å². The van der Waals surface area contributed by atoms with Gasteiger partial charge in [0, 0.05) is 7.05 Å². The molecule has 112 valence electrons. The van der Waals surface area contributed by atoms with Crippen LogP contribution < -0.4 is 4.74 Å². The zero-order valence-corrected chi connectivity index (χ0v) is 12.6. The van der Waals surface area contributed by atoms with Gasteiger partial charge in [0.2, 0.25) is 0 Å². The zero-order chi connectivity index (χ0) is 14.9. The normalized spacial score (nSPS) is 25.8. The molecule has 0 unspecified atom stereocenters. The van der Waals surface area contributed by atoms with Crippen molar-refractivity contribution in [2.24, 2.45) is 7.05 Å². The number of aliphatic hydroxyl groups is 1. The first kappa shape index (κ1) is 14.1. The molecule has 0 amide bonds. The molecule has 1 fully saturated rings.